The van der Waals surface area contributed by atoms with Crippen LogP contribution < -0.4 is 0 Å². The Bertz CT molecular complexity index is 152. The maximum atomic E-state index is 4.13. The summed E-state index contributed by atoms with van der Waals surface area (Å²) in [6, 6.07) is 0. The predicted octanol–water partition coefficient (Wildman–Crippen LogP) is 2.95. The molecule has 0 rings (SSSR count). The molecule has 0 amide bonds. The van der Waals surface area contributed by atoms with Crippen LogP contribution >= 0.6 is 0 Å². The zero-order chi connectivity index (χ0) is 7.82. The third-order valence-corrected chi connectivity index (χ3v) is 1.15. The van der Waals surface area contributed by atoms with Gasteiger partial charge in [0.25, 0.3) is 0 Å². The number of hydrogen-bond donors (Lipinski definition) is 0. The second kappa shape index (κ2) is 6.27. The van der Waals surface area contributed by atoms with Crippen LogP contribution in [0.4, 0.5) is 0 Å². The van der Waals surface area contributed by atoms with Crippen LogP contribution in [0.3, 0.4) is 0 Å². The molecule has 0 spiro atoms. The summed E-state index contributed by atoms with van der Waals surface area (Å²) < 4.78 is 0. The minimum atomic E-state index is 1.06. The van der Waals surface area contributed by atoms with E-state index in [4.69, 9.17) is 0 Å². The molecule has 0 radical (unpaired) electrons. The summed E-state index contributed by atoms with van der Waals surface area (Å²) in [6.45, 7) is 6.07. The van der Waals surface area contributed by atoms with Crippen LogP contribution in [-0.2, 0) is 0 Å². The van der Waals surface area contributed by atoms with Gasteiger partial charge in [-0.15, -0.1) is 0 Å². The minimum Gasteiger partial charge on any atom is -0.262 e. The number of nitrogens with zero attached hydrogens (tertiary/aromatic N) is 1. The Morgan fingerprint density at radius 2 is 2.20 bits per heavy atom. The zero-order valence-electron chi connectivity index (χ0n) is 6.96. The number of aliphatic imine (C=N–C) groups is 1. The molecule has 0 atom stereocenters. The van der Waals surface area contributed by atoms with Crippen molar-refractivity contribution in [3.63, 3.8) is 0 Å². The first-order chi connectivity index (χ1) is 4.81. The third-order valence-electron chi connectivity index (χ3n) is 1.15. The van der Waals surface area contributed by atoms with E-state index in [1.54, 1.807) is 0 Å². The van der Waals surface area contributed by atoms with Gasteiger partial charge in [-0.1, -0.05) is 19.1 Å². The van der Waals surface area contributed by atoms with Crippen molar-refractivity contribution in [2.75, 3.05) is 0 Å². The molecule has 0 aliphatic carbocycles. The van der Waals surface area contributed by atoms with Gasteiger partial charge in [-0.05, 0) is 26.3 Å². The van der Waals surface area contributed by atoms with Crippen molar-refractivity contribution >= 4 is 6.21 Å². The monoisotopic (exact) mass is 137 g/mol. The first-order valence-electron chi connectivity index (χ1n) is 3.63. The van der Waals surface area contributed by atoms with Crippen LogP contribution in [0, 0.1) is 0 Å². The van der Waals surface area contributed by atoms with Crippen LogP contribution in [0.1, 0.15) is 27.2 Å². The lowest BCUT2D eigenvalue weighted by atomic mass is 10.4. The van der Waals surface area contributed by atoms with Gasteiger partial charge in [0.2, 0.25) is 0 Å². The molecule has 0 saturated heterocycles. The van der Waals surface area contributed by atoms with Gasteiger partial charge >= 0.3 is 0 Å². The summed E-state index contributed by atoms with van der Waals surface area (Å²) in [7, 11) is 0. The van der Waals surface area contributed by atoms with Crippen molar-refractivity contribution in [3.05, 3.63) is 23.9 Å². The largest absolute Gasteiger partial charge is 0.262 e. The van der Waals surface area contributed by atoms with Crippen molar-refractivity contribution in [2.24, 2.45) is 4.99 Å². The predicted molar refractivity (Wildman–Crippen MR) is 47.4 cm³/mol. The van der Waals surface area contributed by atoms with E-state index in [-0.39, 0.29) is 0 Å². The van der Waals surface area contributed by atoms with Gasteiger partial charge in [-0.3, -0.25) is 4.99 Å². The fraction of sp³-hybridized carbons (Fsp3) is 0.444. The summed E-state index contributed by atoms with van der Waals surface area (Å²) >= 11 is 0. The second-order valence-electron chi connectivity index (χ2n) is 2.04. The van der Waals surface area contributed by atoms with Crippen LogP contribution in [0.15, 0.2) is 28.9 Å². The van der Waals surface area contributed by atoms with Gasteiger partial charge in [0.05, 0.1) is 0 Å². The summed E-state index contributed by atoms with van der Waals surface area (Å²) in [5.74, 6) is 0. The van der Waals surface area contributed by atoms with Gasteiger partial charge in [0, 0.05) is 11.9 Å². The second-order valence-corrected chi connectivity index (χ2v) is 2.04. The highest BCUT2D eigenvalue weighted by Gasteiger charge is 1.73. The van der Waals surface area contributed by atoms with Crippen molar-refractivity contribution in [3.8, 4) is 0 Å². The molecule has 0 aromatic heterocycles. The molecule has 10 heavy (non-hydrogen) atoms. The van der Waals surface area contributed by atoms with Crippen molar-refractivity contribution in [1.82, 2.24) is 0 Å². The highest BCUT2D eigenvalue weighted by Crippen LogP contribution is 1.90. The standard InChI is InChI=1S/C9H15N/c1-4-6-7-8-10-9(3)5-2/h5-8H,4H2,1-3H3/b7-6-,9-5?,10-8?. The number of rotatable bonds is 3. The lowest BCUT2D eigenvalue weighted by Crippen LogP contribution is -1.68. The lowest BCUT2D eigenvalue weighted by Gasteiger charge is -1.83. The maximum absolute atomic E-state index is 4.13. The van der Waals surface area contributed by atoms with E-state index >= 15 is 0 Å². The normalized spacial score (nSPS) is 13.7. The van der Waals surface area contributed by atoms with Gasteiger partial charge in [-0.25, -0.2) is 0 Å². The molecule has 0 aliphatic rings. The third kappa shape index (κ3) is 5.29. The van der Waals surface area contributed by atoms with Gasteiger partial charge in [0.1, 0.15) is 0 Å². The Kier molecular flexibility index (Phi) is 5.74. The Morgan fingerprint density at radius 3 is 2.70 bits per heavy atom. The minimum absolute atomic E-state index is 1.06. The van der Waals surface area contributed by atoms with Gasteiger partial charge < -0.3 is 0 Å². The molecule has 0 unspecified atom stereocenters. The van der Waals surface area contributed by atoms with Crippen LogP contribution in [0.25, 0.3) is 0 Å². The summed E-state index contributed by atoms with van der Waals surface area (Å²) in [4.78, 5) is 4.13. The smallest absolute Gasteiger partial charge is 0.0330 e. The molecule has 0 bridgehead atoms. The molecular weight excluding hydrogens is 122 g/mol. The SMILES string of the molecule is CC=C(C)N=C/C=C\CC. The molecule has 1 heteroatoms. The van der Waals surface area contributed by atoms with E-state index in [9.17, 15) is 0 Å². The molecule has 0 aromatic rings. The fourth-order valence-corrected chi connectivity index (χ4v) is 0.432. The first kappa shape index (κ1) is 9.15. The topological polar surface area (TPSA) is 12.4 Å². The number of allylic oxidation sites excluding steroid dienone is 4. The molecule has 1 nitrogen and oxygen atoms in total. The quantitative estimate of drug-likeness (QED) is 0.530. The molecule has 56 valence electrons. The Labute approximate surface area is 63.2 Å². The summed E-state index contributed by atoms with van der Waals surface area (Å²) in [5, 5.41) is 0. The molecule has 0 aromatic carbocycles. The van der Waals surface area contributed by atoms with Crippen molar-refractivity contribution < 1.29 is 0 Å². The number of hydrogen-bond acceptors (Lipinski definition) is 1. The van der Waals surface area contributed by atoms with E-state index in [1.807, 2.05) is 32.2 Å². The molecule has 0 fully saturated rings. The molecule has 0 aliphatic heterocycles. The van der Waals surface area contributed by atoms with Crippen LogP contribution in [-0.4, -0.2) is 6.21 Å². The molecular formula is C9H15N. The molecule has 0 N–H and O–H groups in total. The van der Waals surface area contributed by atoms with Crippen molar-refractivity contribution in [1.29, 1.82) is 0 Å². The summed E-state index contributed by atoms with van der Waals surface area (Å²) in [6.07, 6.45) is 8.91. The average Bonchev–Trinajstić information content (AvgIpc) is 1.98. The van der Waals surface area contributed by atoms with Crippen LogP contribution in [0.2, 0.25) is 0 Å². The first-order valence-corrected chi connectivity index (χ1v) is 3.63. The highest BCUT2D eigenvalue weighted by molar-refractivity contribution is 5.71. The Balaban J connectivity index is 3.66. The lowest BCUT2D eigenvalue weighted by molar-refractivity contribution is 1.23. The van der Waals surface area contributed by atoms with Crippen molar-refractivity contribution in [2.45, 2.75) is 27.2 Å². The maximum Gasteiger partial charge on any atom is 0.0330 e. The van der Waals surface area contributed by atoms with E-state index in [1.165, 1.54) is 0 Å². The summed E-state index contributed by atoms with van der Waals surface area (Å²) in [5.41, 5.74) is 1.06. The molecule has 0 heterocycles. The van der Waals surface area contributed by atoms with Gasteiger partial charge in [0.15, 0.2) is 0 Å². The highest BCUT2D eigenvalue weighted by atomic mass is 14.7. The van der Waals surface area contributed by atoms with E-state index in [0.717, 1.165) is 12.1 Å². The molecule has 0 saturated carbocycles. The Hall–Kier alpha value is -0.850. The van der Waals surface area contributed by atoms with E-state index < -0.39 is 0 Å². The van der Waals surface area contributed by atoms with E-state index in [2.05, 4.69) is 18.0 Å². The van der Waals surface area contributed by atoms with E-state index in [0.29, 0.717) is 0 Å². The fourth-order valence-electron chi connectivity index (χ4n) is 0.432. The average molecular weight is 137 g/mol. The van der Waals surface area contributed by atoms with Gasteiger partial charge in [-0.2, -0.15) is 0 Å². The Morgan fingerprint density at radius 1 is 1.50 bits per heavy atom. The zero-order valence-corrected chi connectivity index (χ0v) is 6.96. The van der Waals surface area contributed by atoms with Crippen LogP contribution in [0.5, 0.6) is 0 Å².